The Morgan fingerprint density at radius 1 is 1.43 bits per heavy atom. The molecule has 0 heterocycles. The molecule has 0 amide bonds. The van der Waals surface area contributed by atoms with E-state index in [0.717, 1.165) is 12.1 Å². The lowest BCUT2D eigenvalue weighted by Crippen LogP contribution is -2.43. The predicted molar refractivity (Wildman–Crippen MR) is 76.0 cm³/mol. The quantitative estimate of drug-likeness (QED) is 0.512. The largest absolute Gasteiger partial charge is 0.393 e. The van der Waals surface area contributed by atoms with E-state index >= 15 is 0 Å². The third-order valence-corrected chi connectivity index (χ3v) is 4.73. The average molecular weight is 359 g/mol. The number of rotatable bonds is 6. The van der Waals surface area contributed by atoms with E-state index in [4.69, 9.17) is 28.3 Å². The van der Waals surface area contributed by atoms with Crippen LogP contribution < -0.4 is 4.72 Å². The van der Waals surface area contributed by atoms with Crippen LogP contribution in [0.4, 0.5) is 5.69 Å². The molecule has 1 aromatic rings. The van der Waals surface area contributed by atoms with Crippen molar-refractivity contribution in [2.45, 2.75) is 17.4 Å². The van der Waals surface area contributed by atoms with Crippen molar-refractivity contribution >= 4 is 38.9 Å². The normalized spacial score (nSPS) is 14.7. The third kappa shape index (κ3) is 4.25. The zero-order valence-electron chi connectivity index (χ0n) is 10.7. The van der Waals surface area contributed by atoms with Gasteiger partial charge in [0, 0.05) is 6.54 Å². The van der Waals surface area contributed by atoms with Gasteiger partial charge in [0.1, 0.15) is 14.9 Å². The van der Waals surface area contributed by atoms with Crippen molar-refractivity contribution in [2.24, 2.45) is 0 Å². The third-order valence-electron chi connectivity index (χ3n) is 2.49. The molecule has 11 heteroatoms. The van der Waals surface area contributed by atoms with E-state index in [0.29, 0.717) is 0 Å². The zero-order valence-corrected chi connectivity index (χ0v) is 13.0. The van der Waals surface area contributed by atoms with Gasteiger partial charge < -0.3 is 10.2 Å². The van der Waals surface area contributed by atoms with E-state index in [-0.39, 0.29) is 5.02 Å². The number of aliphatic hydroxyl groups is 2. The molecule has 118 valence electrons. The highest BCUT2D eigenvalue weighted by molar-refractivity contribution is 7.89. The molecule has 3 N–H and O–H groups in total. The molecule has 0 radical (unpaired) electrons. The van der Waals surface area contributed by atoms with E-state index in [1.807, 2.05) is 4.72 Å². The molecule has 0 aliphatic heterocycles. The number of benzene rings is 1. The molecule has 0 aliphatic rings. The summed E-state index contributed by atoms with van der Waals surface area (Å²) in [5.41, 5.74) is -2.41. The fourth-order valence-electron chi connectivity index (χ4n) is 1.28. The maximum Gasteiger partial charge on any atom is 0.307 e. The number of nitro benzene ring substituents is 1. The first-order valence-corrected chi connectivity index (χ1v) is 7.71. The highest BCUT2D eigenvalue weighted by Crippen LogP contribution is 2.36. The number of nitrogens with one attached hydrogen (secondary N) is 1. The fraction of sp³-hybridized carbons (Fsp3) is 0.400. The summed E-state index contributed by atoms with van der Waals surface area (Å²) in [5, 5.41) is 28.3. The molecule has 0 spiro atoms. The van der Waals surface area contributed by atoms with Crippen molar-refractivity contribution in [3.8, 4) is 0 Å². The lowest BCUT2D eigenvalue weighted by molar-refractivity contribution is -0.384. The maximum absolute atomic E-state index is 12.0. The number of nitrogens with zero attached hydrogens (tertiary/aromatic N) is 1. The fourth-order valence-corrected chi connectivity index (χ4v) is 3.33. The van der Waals surface area contributed by atoms with Gasteiger partial charge in [0.2, 0.25) is 10.0 Å². The van der Waals surface area contributed by atoms with Gasteiger partial charge in [-0.05, 0) is 19.1 Å². The van der Waals surface area contributed by atoms with E-state index < -0.39 is 49.3 Å². The Balaban J connectivity index is 3.22. The van der Waals surface area contributed by atoms with Crippen LogP contribution in [0.3, 0.4) is 0 Å². The van der Waals surface area contributed by atoms with Gasteiger partial charge in [-0.25, -0.2) is 13.1 Å². The minimum Gasteiger partial charge on any atom is -0.393 e. The summed E-state index contributed by atoms with van der Waals surface area (Å²) in [6.45, 7) is 0.0318. The number of sulfonamides is 1. The predicted octanol–water partition coefficient (Wildman–Crippen LogP) is 0.923. The first kappa shape index (κ1) is 18.1. The average Bonchev–Trinajstić information content (AvgIpc) is 2.36. The van der Waals surface area contributed by atoms with Gasteiger partial charge in [-0.3, -0.25) is 10.1 Å². The Bertz CT molecular complexity index is 662. The van der Waals surface area contributed by atoms with Crippen LogP contribution in [-0.2, 0) is 10.0 Å². The molecular weight excluding hydrogens is 347 g/mol. The zero-order chi connectivity index (χ0) is 16.4. The van der Waals surface area contributed by atoms with Crippen LogP contribution in [0, 0.1) is 10.1 Å². The molecule has 1 atom stereocenters. The standard InChI is InChI=1S/C10H12Cl2N2O6S/c1-10(16,5-15)4-13-21(19,20)7-3-2-6(11)9(8(7)12)14(17)18/h2-3,13,15-16H,4-5H2,1H3. The van der Waals surface area contributed by atoms with Crippen LogP contribution >= 0.6 is 23.2 Å². The lowest BCUT2D eigenvalue weighted by Gasteiger charge is -2.20. The van der Waals surface area contributed by atoms with E-state index in [1.54, 1.807) is 0 Å². The van der Waals surface area contributed by atoms with Crippen molar-refractivity contribution in [2.75, 3.05) is 13.2 Å². The Morgan fingerprint density at radius 2 is 2.00 bits per heavy atom. The second-order valence-electron chi connectivity index (χ2n) is 4.44. The molecule has 0 saturated heterocycles. The summed E-state index contributed by atoms with van der Waals surface area (Å²) in [4.78, 5) is 9.39. The first-order chi connectivity index (χ1) is 9.52. The van der Waals surface area contributed by atoms with Crippen molar-refractivity contribution in [3.05, 3.63) is 32.3 Å². The van der Waals surface area contributed by atoms with Gasteiger partial charge in [0.15, 0.2) is 0 Å². The van der Waals surface area contributed by atoms with Gasteiger partial charge >= 0.3 is 5.69 Å². The molecule has 8 nitrogen and oxygen atoms in total. The van der Waals surface area contributed by atoms with Gasteiger partial charge in [-0.15, -0.1) is 0 Å². The van der Waals surface area contributed by atoms with Crippen molar-refractivity contribution in [1.29, 1.82) is 0 Å². The van der Waals surface area contributed by atoms with Gasteiger partial charge in [0.05, 0.1) is 17.1 Å². The first-order valence-electron chi connectivity index (χ1n) is 5.47. The summed E-state index contributed by atoms with van der Waals surface area (Å²) in [5.74, 6) is 0. The van der Waals surface area contributed by atoms with Gasteiger partial charge in [-0.2, -0.15) is 0 Å². The maximum atomic E-state index is 12.0. The number of hydrogen-bond acceptors (Lipinski definition) is 6. The molecule has 0 bridgehead atoms. The number of halogens is 2. The molecule has 21 heavy (non-hydrogen) atoms. The summed E-state index contributed by atoms with van der Waals surface area (Å²) < 4.78 is 26.1. The van der Waals surface area contributed by atoms with Crippen LogP contribution in [0.2, 0.25) is 10.0 Å². The molecule has 0 aliphatic carbocycles. The summed E-state index contributed by atoms with van der Waals surface area (Å²) in [7, 11) is -4.22. The molecule has 1 aromatic carbocycles. The second-order valence-corrected chi connectivity index (χ2v) is 6.97. The Morgan fingerprint density at radius 3 is 2.48 bits per heavy atom. The van der Waals surface area contributed by atoms with Crippen LogP contribution in [0.1, 0.15) is 6.92 Å². The molecule has 1 unspecified atom stereocenters. The van der Waals surface area contributed by atoms with Crippen molar-refractivity contribution in [1.82, 2.24) is 4.72 Å². The smallest absolute Gasteiger partial charge is 0.307 e. The van der Waals surface area contributed by atoms with Gasteiger partial charge in [-0.1, -0.05) is 23.2 Å². The molecule has 0 saturated carbocycles. The highest BCUT2D eigenvalue weighted by atomic mass is 35.5. The Hall–Kier alpha value is -0.970. The Kier molecular flexibility index (Phi) is 5.53. The molecule has 1 rings (SSSR count). The summed E-state index contributed by atoms with van der Waals surface area (Å²) >= 11 is 11.3. The van der Waals surface area contributed by atoms with E-state index in [9.17, 15) is 23.6 Å². The van der Waals surface area contributed by atoms with E-state index in [1.165, 1.54) is 6.92 Å². The second kappa shape index (κ2) is 6.42. The van der Waals surface area contributed by atoms with Crippen molar-refractivity contribution < 1.29 is 23.6 Å². The minimum absolute atomic E-state index is 0.300. The van der Waals surface area contributed by atoms with Crippen LogP contribution in [0.15, 0.2) is 17.0 Å². The minimum atomic E-state index is -4.22. The topological polar surface area (TPSA) is 130 Å². The monoisotopic (exact) mass is 358 g/mol. The van der Waals surface area contributed by atoms with Crippen LogP contribution in [-0.4, -0.2) is 42.3 Å². The summed E-state index contributed by atoms with van der Waals surface area (Å²) in [6.07, 6.45) is 0. The molecule has 0 aromatic heterocycles. The molecule has 0 fully saturated rings. The SMILES string of the molecule is CC(O)(CO)CNS(=O)(=O)c1ccc(Cl)c([N+](=O)[O-])c1Cl. The van der Waals surface area contributed by atoms with Gasteiger partial charge in [0.25, 0.3) is 0 Å². The lowest BCUT2D eigenvalue weighted by atomic mass is 10.1. The Labute approximate surface area is 130 Å². The number of hydrogen-bond donors (Lipinski definition) is 3. The highest BCUT2D eigenvalue weighted by Gasteiger charge is 2.29. The van der Waals surface area contributed by atoms with E-state index in [2.05, 4.69) is 0 Å². The van der Waals surface area contributed by atoms with Crippen molar-refractivity contribution in [3.63, 3.8) is 0 Å². The summed E-state index contributed by atoms with van der Waals surface area (Å²) in [6, 6.07) is 2.04. The van der Waals surface area contributed by atoms with Crippen LogP contribution in [0.5, 0.6) is 0 Å². The molecular formula is C10H12Cl2N2O6S. The number of nitro groups is 1. The number of aliphatic hydroxyl groups excluding tert-OH is 1. The van der Waals surface area contributed by atoms with Crippen LogP contribution in [0.25, 0.3) is 0 Å².